The number of nitrogens with two attached hydrogens (primary N) is 1. The number of rotatable bonds is 6. The summed E-state index contributed by atoms with van der Waals surface area (Å²) in [4.78, 5) is 0. The second-order valence-corrected chi connectivity index (χ2v) is 5.85. The van der Waals surface area contributed by atoms with Crippen molar-refractivity contribution >= 4 is 10.0 Å². The monoisotopic (exact) mass is 220 g/mol. The van der Waals surface area contributed by atoms with Gasteiger partial charge < -0.3 is 5.73 Å². The summed E-state index contributed by atoms with van der Waals surface area (Å²) in [5.74, 6) is 0. The summed E-state index contributed by atoms with van der Waals surface area (Å²) in [6, 6.07) is -0.0630. The van der Waals surface area contributed by atoms with E-state index in [-0.39, 0.29) is 12.6 Å². The van der Waals surface area contributed by atoms with Crippen molar-refractivity contribution in [3.63, 3.8) is 0 Å². The number of nitrogens with zero attached hydrogens (tertiary/aromatic N) is 1. The van der Waals surface area contributed by atoms with Crippen LogP contribution >= 0.6 is 0 Å². The Balaban J connectivity index is 4.90. The molecule has 0 rings (SSSR count). The van der Waals surface area contributed by atoms with Crippen LogP contribution in [0.5, 0.6) is 0 Å². The van der Waals surface area contributed by atoms with E-state index < -0.39 is 15.3 Å². The highest BCUT2D eigenvalue weighted by Crippen LogP contribution is 2.11. The van der Waals surface area contributed by atoms with Gasteiger partial charge in [0.25, 0.3) is 0 Å². The van der Waals surface area contributed by atoms with Crippen molar-refractivity contribution in [2.75, 3.05) is 13.1 Å². The summed E-state index contributed by atoms with van der Waals surface area (Å²) < 4.78 is 25.2. The molecule has 0 radical (unpaired) electrons. The van der Waals surface area contributed by atoms with E-state index in [0.717, 1.165) is 0 Å². The molecule has 84 valence electrons. The van der Waals surface area contributed by atoms with E-state index in [9.17, 15) is 8.42 Å². The van der Waals surface area contributed by atoms with Crippen LogP contribution in [0.25, 0.3) is 0 Å². The molecule has 0 aromatic heterocycles. The summed E-state index contributed by atoms with van der Waals surface area (Å²) in [6.07, 6.45) is 1.58. The minimum absolute atomic E-state index is 0.0630. The van der Waals surface area contributed by atoms with E-state index in [1.54, 1.807) is 13.0 Å². The molecular formula is C9H20N2O2S. The van der Waals surface area contributed by atoms with Gasteiger partial charge in [-0.15, -0.1) is 6.58 Å². The highest BCUT2D eigenvalue weighted by molar-refractivity contribution is 7.89. The van der Waals surface area contributed by atoms with Gasteiger partial charge in [-0.05, 0) is 20.8 Å². The highest BCUT2D eigenvalue weighted by atomic mass is 32.2. The first-order valence-corrected chi connectivity index (χ1v) is 6.19. The van der Waals surface area contributed by atoms with Gasteiger partial charge in [0.1, 0.15) is 0 Å². The third-order valence-electron chi connectivity index (χ3n) is 2.05. The number of sulfonamides is 1. The maximum atomic E-state index is 11.9. The fraction of sp³-hybridized carbons (Fsp3) is 0.778. The third-order valence-corrected chi connectivity index (χ3v) is 4.49. The highest BCUT2D eigenvalue weighted by Gasteiger charge is 2.28. The van der Waals surface area contributed by atoms with Crippen molar-refractivity contribution in [1.82, 2.24) is 4.31 Å². The van der Waals surface area contributed by atoms with E-state index >= 15 is 0 Å². The third kappa shape index (κ3) is 3.08. The molecule has 0 aliphatic heterocycles. The predicted octanol–water partition coefficient (Wildman–Crippen LogP) is 0.560. The zero-order valence-corrected chi connectivity index (χ0v) is 9.92. The maximum absolute atomic E-state index is 11.9. The second kappa shape index (κ2) is 5.48. The van der Waals surface area contributed by atoms with Crippen molar-refractivity contribution in [2.24, 2.45) is 5.73 Å². The van der Waals surface area contributed by atoms with E-state index in [4.69, 9.17) is 5.73 Å². The van der Waals surface area contributed by atoms with Crippen LogP contribution in [-0.4, -0.2) is 37.1 Å². The predicted molar refractivity (Wildman–Crippen MR) is 59.5 cm³/mol. The average molecular weight is 220 g/mol. The van der Waals surface area contributed by atoms with Gasteiger partial charge in [0.05, 0.1) is 5.25 Å². The number of hydrogen-bond donors (Lipinski definition) is 1. The van der Waals surface area contributed by atoms with Gasteiger partial charge in [-0.3, -0.25) is 0 Å². The lowest BCUT2D eigenvalue weighted by Crippen LogP contribution is -2.44. The van der Waals surface area contributed by atoms with Crippen molar-refractivity contribution < 1.29 is 8.42 Å². The minimum Gasteiger partial charge on any atom is -0.329 e. The molecule has 0 aliphatic rings. The molecule has 14 heavy (non-hydrogen) atoms. The Labute approximate surface area is 86.8 Å². The molecule has 0 bridgehead atoms. The zero-order chi connectivity index (χ0) is 11.4. The first kappa shape index (κ1) is 13.6. The first-order valence-electron chi connectivity index (χ1n) is 4.69. The second-order valence-electron chi connectivity index (χ2n) is 3.54. The molecule has 0 aromatic carbocycles. The molecule has 2 N–H and O–H groups in total. The Morgan fingerprint density at radius 2 is 1.93 bits per heavy atom. The van der Waals surface area contributed by atoms with Gasteiger partial charge in [-0.1, -0.05) is 6.08 Å². The Hall–Kier alpha value is -0.390. The fourth-order valence-corrected chi connectivity index (χ4v) is 2.69. The van der Waals surface area contributed by atoms with E-state index in [1.165, 1.54) is 4.31 Å². The van der Waals surface area contributed by atoms with Crippen LogP contribution < -0.4 is 5.73 Å². The van der Waals surface area contributed by atoms with Gasteiger partial charge >= 0.3 is 0 Å². The van der Waals surface area contributed by atoms with Gasteiger partial charge in [-0.25, -0.2) is 8.42 Å². The van der Waals surface area contributed by atoms with Crippen LogP contribution in [-0.2, 0) is 10.0 Å². The molecule has 0 saturated heterocycles. The van der Waals surface area contributed by atoms with Crippen LogP contribution in [0.2, 0.25) is 0 Å². The lowest BCUT2D eigenvalue weighted by molar-refractivity contribution is 0.377. The standard InChI is InChI=1S/C9H20N2O2S/c1-5-6-11(8(2)3)14(12,13)9(4)7-10/h5,8-9H,1,6-7,10H2,2-4H3. The largest absolute Gasteiger partial charge is 0.329 e. The molecule has 4 nitrogen and oxygen atoms in total. The topological polar surface area (TPSA) is 63.4 Å². The Bertz CT molecular complexity index is 273. The van der Waals surface area contributed by atoms with Gasteiger partial charge in [0.2, 0.25) is 10.0 Å². The van der Waals surface area contributed by atoms with Gasteiger partial charge in [0.15, 0.2) is 0 Å². The number of hydrogen-bond acceptors (Lipinski definition) is 3. The molecule has 0 heterocycles. The summed E-state index contributed by atoms with van der Waals surface area (Å²) in [7, 11) is -3.28. The van der Waals surface area contributed by atoms with Crippen LogP contribution in [0, 0.1) is 0 Å². The van der Waals surface area contributed by atoms with Crippen molar-refractivity contribution in [3.8, 4) is 0 Å². The Kier molecular flexibility index (Phi) is 5.33. The van der Waals surface area contributed by atoms with Gasteiger partial charge in [-0.2, -0.15) is 4.31 Å². The van der Waals surface area contributed by atoms with Gasteiger partial charge in [0, 0.05) is 19.1 Å². The zero-order valence-electron chi connectivity index (χ0n) is 9.10. The molecule has 0 saturated carbocycles. The van der Waals surface area contributed by atoms with Crippen LogP contribution in [0.1, 0.15) is 20.8 Å². The lowest BCUT2D eigenvalue weighted by atomic mass is 10.4. The first-order chi connectivity index (χ1) is 6.37. The molecule has 0 spiro atoms. The molecule has 1 atom stereocenters. The smallest absolute Gasteiger partial charge is 0.218 e. The van der Waals surface area contributed by atoms with E-state index in [0.29, 0.717) is 6.54 Å². The Morgan fingerprint density at radius 3 is 2.21 bits per heavy atom. The summed E-state index contributed by atoms with van der Waals surface area (Å²) in [5.41, 5.74) is 5.36. The van der Waals surface area contributed by atoms with Crippen molar-refractivity contribution in [3.05, 3.63) is 12.7 Å². The molecule has 1 unspecified atom stereocenters. The van der Waals surface area contributed by atoms with Crippen LogP contribution in [0.4, 0.5) is 0 Å². The van der Waals surface area contributed by atoms with Crippen LogP contribution in [0.3, 0.4) is 0 Å². The SMILES string of the molecule is C=CCN(C(C)C)S(=O)(=O)C(C)CN. The van der Waals surface area contributed by atoms with Crippen molar-refractivity contribution in [2.45, 2.75) is 32.1 Å². The Morgan fingerprint density at radius 1 is 1.43 bits per heavy atom. The quantitative estimate of drug-likeness (QED) is 0.665. The maximum Gasteiger partial charge on any atom is 0.218 e. The molecule has 0 amide bonds. The normalized spacial score (nSPS) is 14.7. The molecule has 0 aromatic rings. The summed E-state index contributed by atoms with van der Waals surface area (Å²) in [5, 5.41) is -0.537. The summed E-state index contributed by atoms with van der Waals surface area (Å²) in [6.45, 7) is 9.32. The van der Waals surface area contributed by atoms with Crippen LogP contribution in [0.15, 0.2) is 12.7 Å². The summed E-state index contributed by atoms with van der Waals surface area (Å²) >= 11 is 0. The lowest BCUT2D eigenvalue weighted by Gasteiger charge is -2.27. The molecule has 0 fully saturated rings. The van der Waals surface area contributed by atoms with Crippen molar-refractivity contribution in [1.29, 1.82) is 0 Å². The fourth-order valence-electron chi connectivity index (χ4n) is 1.09. The van der Waals surface area contributed by atoms with E-state index in [2.05, 4.69) is 6.58 Å². The molecule has 5 heteroatoms. The minimum atomic E-state index is -3.28. The average Bonchev–Trinajstić information content (AvgIpc) is 2.11. The van der Waals surface area contributed by atoms with E-state index in [1.807, 2.05) is 13.8 Å². The molecule has 0 aliphatic carbocycles. The molecular weight excluding hydrogens is 200 g/mol.